The second kappa shape index (κ2) is 6.11. The molecule has 2 aromatic heterocycles. The van der Waals surface area contributed by atoms with Crippen molar-refractivity contribution in [2.24, 2.45) is 0 Å². The minimum Gasteiger partial charge on any atom is -0.383 e. The van der Waals surface area contributed by atoms with Crippen molar-refractivity contribution in [2.75, 3.05) is 5.73 Å². The van der Waals surface area contributed by atoms with Crippen LogP contribution in [-0.4, -0.2) is 4.98 Å². The third kappa shape index (κ3) is 2.85. The predicted molar refractivity (Wildman–Crippen MR) is 94.5 cm³/mol. The Morgan fingerprint density at radius 2 is 2.00 bits per heavy atom. The van der Waals surface area contributed by atoms with Crippen molar-refractivity contribution >= 4 is 33.1 Å². The maximum Gasteiger partial charge on any atom is 0.142 e. The van der Waals surface area contributed by atoms with E-state index in [1.165, 1.54) is 23.5 Å². The Hall–Kier alpha value is -2.23. The molecule has 0 saturated heterocycles. The molecule has 3 aromatic rings. The van der Waals surface area contributed by atoms with Crippen LogP contribution in [-0.2, 0) is 0 Å². The normalized spacial score (nSPS) is 10.5. The van der Waals surface area contributed by atoms with Crippen LogP contribution < -0.4 is 5.73 Å². The average Bonchev–Trinajstić information content (AvgIpc) is 2.95. The fraction of sp³-hybridized carbons (Fsp3) is 0.0588. The highest BCUT2D eigenvalue weighted by Gasteiger charge is 2.19. The van der Waals surface area contributed by atoms with Crippen molar-refractivity contribution < 1.29 is 4.39 Å². The van der Waals surface area contributed by atoms with Gasteiger partial charge in [0.25, 0.3) is 0 Å². The molecule has 0 bridgehead atoms. The van der Waals surface area contributed by atoms with Gasteiger partial charge in [0.15, 0.2) is 0 Å². The number of benzene rings is 1. The molecule has 1 aromatic carbocycles. The number of aromatic nitrogens is 1. The molecule has 0 aliphatic rings. The molecule has 0 saturated carbocycles. The molecular weight excluding hydrogens is 377 g/mol. The monoisotopic (exact) mass is 387 g/mol. The van der Waals surface area contributed by atoms with Crippen LogP contribution in [0.15, 0.2) is 40.2 Å². The summed E-state index contributed by atoms with van der Waals surface area (Å²) >= 11 is 4.95. The quantitative estimate of drug-likeness (QED) is 0.661. The summed E-state index contributed by atoms with van der Waals surface area (Å²) in [6.45, 7) is 1.90. The van der Waals surface area contributed by atoms with Gasteiger partial charge in [-0.15, -0.1) is 11.3 Å². The molecule has 3 nitrogen and oxygen atoms in total. The molecule has 3 rings (SSSR count). The van der Waals surface area contributed by atoms with E-state index >= 15 is 0 Å². The number of pyridine rings is 1. The molecule has 2 N–H and O–H groups in total. The Kier molecular flexibility index (Phi) is 4.16. The second-order valence-electron chi connectivity index (χ2n) is 4.97. The number of anilines is 1. The molecule has 0 aliphatic carbocycles. The lowest BCUT2D eigenvalue weighted by molar-refractivity contribution is 0.628. The van der Waals surface area contributed by atoms with Gasteiger partial charge in [-0.3, -0.25) is 0 Å². The van der Waals surface area contributed by atoms with Crippen molar-refractivity contribution in [2.45, 2.75) is 6.92 Å². The number of nitrogens with two attached hydrogens (primary N) is 1. The summed E-state index contributed by atoms with van der Waals surface area (Å²) in [5.41, 5.74) is 9.39. The predicted octanol–water partition coefficient (Wildman–Crippen LogP) is 5.14. The summed E-state index contributed by atoms with van der Waals surface area (Å²) < 4.78 is 14.1. The van der Waals surface area contributed by atoms with E-state index in [0.29, 0.717) is 11.3 Å². The van der Waals surface area contributed by atoms with E-state index in [0.717, 1.165) is 26.0 Å². The minimum absolute atomic E-state index is 0.178. The van der Waals surface area contributed by atoms with Gasteiger partial charge in [0.05, 0.1) is 5.69 Å². The van der Waals surface area contributed by atoms with Crippen LogP contribution in [0.2, 0.25) is 0 Å². The number of nitrogens with zero attached hydrogens (tertiary/aromatic N) is 2. The van der Waals surface area contributed by atoms with Crippen molar-refractivity contribution in [3.8, 4) is 27.8 Å². The zero-order chi connectivity index (χ0) is 16.6. The highest BCUT2D eigenvalue weighted by molar-refractivity contribution is 9.10. The van der Waals surface area contributed by atoms with E-state index in [9.17, 15) is 9.65 Å². The van der Waals surface area contributed by atoms with Gasteiger partial charge in [-0.25, -0.2) is 9.37 Å². The molecule has 0 radical (unpaired) electrons. The zero-order valence-electron chi connectivity index (χ0n) is 12.1. The van der Waals surface area contributed by atoms with Gasteiger partial charge in [0.1, 0.15) is 23.3 Å². The Labute approximate surface area is 145 Å². The molecule has 23 heavy (non-hydrogen) atoms. The van der Waals surface area contributed by atoms with Gasteiger partial charge in [-0.1, -0.05) is 0 Å². The molecule has 0 atom stereocenters. The number of nitrogen functional groups attached to an aromatic ring is 1. The van der Waals surface area contributed by atoms with Gasteiger partial charge in [0.2, 0.25) is 0 Å². The summed E-state index contributed by atoms with van der Waals surface area (Å²) in [7, 11) is 0. The first kappa shape index (κ1) is 15.7. The summed E-state index contributed by atoms with van der Waals surface area (Å²) in [4.78, 5) is 5.30. The minimum atomic E-state index is -0.310. The standard InChI is InChI=1S/C17H11BrFN3S/c1-9-15(14-6-11(18)8-23-14)13(7-20)17(21)22-16(9)10-2-4-12(19)5-3-10/h2-6,8H,1H3,(H2,21,22). The van der Waals surface area contributed by atoms with Crippen molar-refractivity contribution in [1.29, 1.82) is 5.26 Å². The summed E-state index contributed by atoms with van der Waals surface area (Å²) in [5, 5.41) is 11.4. The van der Waals surface area contributed by atoms with E-state index in [4.69, 9.17) is 5.73 Å². The van der Waals surface area contributed by atoms with Crippen LogP contribution in [0.3, 0.4) is 0 Å². The van der Waals surface area contributed by atoms with Crippen molar-refractivity contribution in [3.05, 3.63) is 57.1 Å². The van der Waals surface area contributed by atoms with Gasteiger partial charge in [0, 0.05) is 25.9 Å². The molecule has 114 valence electrons. The highest BCUT2D eigenvalue weighted by Crippen LogP contribution is 2.39. The van der Waals surface area contributed by atoms with E-state index in [1.54, 1.807) is 12.1 Å². The summed E-state index contributed by atoms with van der Waals surface area (Å²) in [6, 6.07) is 10.2. The van der Waals surface area contributed by atoms with Crippen LogP contribution in [0.4, 0.5) is 10.2 Å². The van der Waals surface area contributed by atoms with Gasteiger partial charge >= 0.3 is 0 Å². The van der Waals surface area contributed by atoms with Crippen LogP contribution in [0, 0.1) is 24.1 Å². The Morgan fingerprint density at radius 1 is 1.30 bits per heavy atom. The third-order valence-corrected chi connectivity index (χ3v) is 5.22. The lowest BCUT2D eigenvalue weighted by Gasteiger charge is -2.13. The molecule has 0 spiro atoms. The largest absolute Gasteiger partial charge is 0.383 e. The lowest BCUT2D eigenvalue weighted by atomic mass is 9.97. The van der Waals surface area contributed by atoms with Crippen molar-refractivity contribution in [3.63, 3.8) is 0 Å². The maximum absolute atomic E-state index is 13.2. The van der Waals surface area contributed by atoms with Gasteiger partial charge in [-0.05, 0) is 58.7 Å². The Bertz CT molecular complexity index is 926. The number of rotatable bonds is 2. The summed E-state index contributed by atoms with van der Waals surface area (Å²) in [6.07, 6.45) is 0. The number of hydrogen-bond acceptors (Lipinski definition) is 4. The van der Waals surface area contributed by atoms with Crippen LogP contribution >= 0.6 is 27.3 Å². The first-order valence-electron chi connectivity index (χ1n) is 6.71. The molecule has 6 heteroatoms. The smallest absolute Gasteiger partial charge is 0.142 e. The second-order valence-corrected chi connectivity index (χ2v) is 6.80. The SMILES string of the molecule is Cc1c(-c2ccc(F)cc2)nc(N)c(C#N)c1-c1cc(Br)cs1. The molecule has 0 aliphatic heterocycles. The van der Waals surface area contributed by atoms with Gasteiger partial charge < -0.3 is 5.73 Å². The summed E-state index contributed by atoms with van der Waals surface area (Å²) in [5.74, 6) is -0.132. The van der Waals surface area contributed by atoms with Crippen LogP contribution in [0.1, 0.15) is 11.1 Å². The number of nitriles is 1. The lowest BCUT2D eigenvalue weighted by Crippen LogP contribution is -2.02. The molecule has 0 amide bonds. The maximum atomic E-state index is 13.2. The van der Waals surface area contributed by atoms with E-state index < -0.39 is 0 Å². The fourth-order valence-corrected chi connectivity index (χ4v) is 3.98. The van der Waals surface area contributed by atoms with Crippen LogP contribution in [0.5, 0.6) is 0 Å². The first-order valence-corrected chi connectivity index (χ1v) is 8.39. The zero-order valence-corrected chi connectivity index (χ0v) is 14.5. The first-order chi connectivity index (χ1) is 11.0. The Morgan fingerprint density at radius 3 is 2.57 bits per heavy atom. The average molecular weight is 388 g/mol. The van der Waals surface area contributed by atoms with E-state index in [-0.39, 0.29) is 11.6 Å². The van der Waals surface area contributed by atoms with Crippen LogP contribution in [0.25, 0.3) is 21.7 Å². The number of thiophene rings is 1. The Balaban J connectivity index is 2.30. The molecule has 2 heterocycles. The van der Waals surface area contributed by atoms with E-state index in [1.807, 2.05) is 18.4 Å². The molecule has 0 fully saturated rings. The van der Waals surface area contributed by atoms with E-state index in [2.05, 4.69) is 27.0 Å². The molecular formula is C17H11BrFN3S. The molecule has 0 unspecified atom stereocenters. The third-order valence-electron chi connectivity index (χ3n) is 3.51. The topological polar surface area (TPSA) is 62.7 Å². The van der Waals surface area contributed by atoms with Crippen molar-refractivity contribution in [1.82, 2.24) is 4.98 Å². The number of halogens is 2. The van der Waals surface area contributed by atoms with Gasteiger partial charge in [-0.2, -0.15) is 5.26 Å². The fourth-order valence-electron chi connectivity index (χ4n) is 2.45. The highest BCUT2D eigenvalue weighted by atomic mass is 79.9. The number of hydrogen-bond donors (Lipinski definition) is 1.